The molecule has 1 aliphatic rings. The molecule has 1 aromatic rings. The van der Waals surface area contributed by atoms with Crippen molar-refractivity contribution in [2.45, 2.75) is 39.0 Å². The number of hydrogen-bond donors (Lipinski definition) is 0. The van der Waals surface area contributed by atoms with Crippen LogP contribution in [0, 0.1) is 12.8 Å². The number of rotatable bonds is 6. The van der Waals surface area contributed by atoms with Crippen molar-refractivity contribution in [3.63, 3.8) is 0 Å². The number of carbonyl (C=O) groups excluding carboxylic acids is 1. The molecule has 1 saturated carbocycles. The van der Waals surface area contributed by atoms with Crippen LogP contribution in [0.15, 0.2) is 24.3 Å². The average Bonchev–Trinajstić information content (AvgIpc) is 2.89. The fourth-order valence-electron chi connectivity index (χ4n) is 3.04. The van der Waals surface area contributed by atoms with E-state index in [0.717, 1.165) is 30.1 Å². The second-order valence-corrected chi connectivity index (χ2v) is 5.90. The molecule has 0 atom stereocenters. The highest BCUT2D eigenvalue weighted by Crippen LogP contribution is 2.25. The quantitative estimate of drug-likeness (QED) is 0.726. The second kappa shape index (κ2) is 6.85. The molecule has 2 heteroatoms. The minimum Gasteiger partial charge on any atom is -0.306 e. The number of nitrogens with zero attached hydrogens (tertiary/aromatic N) is 1. The molecule has 0 aliphatic heterocycles. The standard InChI is InChI=1S/C17H25NO/c1-14-7-3-6-10-16(14)17(19)11-12-18(2)13-15-8-4-5-9-15/h3,6-7,10,15H,4-5,8-9,11-13H2,1-2H3. The number of ketones is 1. The Balaban J connectivity index is 1.78. The maximum atomic E-state index is 12.2. The van der Waals surface area contributed by atoms with Gasteiger partial charge in [-0.25, -0.2) is 0 Å². The Kier molecular flexibility index (Phi) is 5.15. The van der Waals surface area contributed by atoms with Gasteiger partial charge in [0.1, 0.15) is 0 Å². The van der Waals surface area contributed by atoms with Gasteiger partial charge < -0.3 is 4.90 Å². The zero-order valence-electron chi connectivity index (χ0n) is 12.2. The third-order valence-electron chi connectivity index (χ3n) is 4.21. The molecular formula is C17H25NO. The first-order valence-electron chi connectivity index (χ1n) is 7.44. The highest BCUT2D eigenvalue weighted by Gasteiger charge is 2.17. The van der Waals surface area contributed by atoms with Gasteiger partial charge in [-0.2, -0.15) is 0 Å². The van der Waals surface area contributed by atoms with Crippen LogP contribution in [0.1, 0.15) is 48.0 Å². The largest absolute Gasteiger partial charge is 0.306 e. The summed E-state index contributed by atoms with van der Waals surface area (Å²) in [6, 6.07) is 7.88. The third kappa shape index (κ3) is 4.17. The molecule has 0 heterocycles. The third-order valence-corrected chi connectivity index (χ3v) is 4.21. The Morgan fingerprint density at radius 2 is 1.95 bits per heavy atom. The maximum absolute atomic E-state index is 12.2. The van der Waals surface area contributed by atoms with Crippen LogP contribution >= 0.6 is 0 Å². The van der Waals surface area contributed by atoms with E-state index < -0.39 is 0 Å². The lowest BCUT2D eigenvalue weighted by atomic mass is 10.0. The first kappa shape index (κ1) is 14.3. The van der Waals surface area contributed by atoms with Gasteiger partial charge in [0.05, 0.1) is 0 Å². The van der Waals surface area contributed by atoms with Gasteiger partial charge in [0.2, 0.25) is 0 Å². The molecule has 0 bridgehead atoms. The Bertz CT molecular complexity index is 421. The van der Waals surface area contributed by atoms with Gasteiger partial charge >= 0.3 is 0 Å². The van der Waals surface area contributed by atoms with E-state index in [1.54, 1.807) is 0 Å². The molecule has 2 nitrogen and oxygen atoms in total. The van der Waals surface area contributed by atoms with Crippen LogP contribution in [-0.2, 0) is 0 Å². The van der Waals surface area contributed by atoms with E-state index in [-0.39, 0.29) is 5.78 Å². The molecule has 0 radical (unpaired) electrons. The predicted octanol–water partition coefficient (Wildman–Crippen LogP) is 3.69. The van der Waals surface area contributed by atoms with Crippen molar-refractivity contribution in [2.24, 2.45) is 5.92 Å². The summed E-state index contributed by atoms with van der Waals surface area (Å²) in [5.41, 5.74) is 1.97. The SMILES string of the molecule is Cc1ccccc1C(=O)CCN(C)CC1CCCC1. The molecule has 19 heavy (non-hydrogen) atoms. The van der Waals surface area contributed by atoms with E-state index in [9.17, 15) is 4.79 Å². The van der Waals surface area contributed by atoms with E-state index in [2.05, 4.69) is 11.9 Å². The van der Waals surface area contributed by atoms with Crippen molar-refractivity contribution in [2.75, 3.05) is 20.1 Å². The van der Waals surface area contributed by atoms with Crippen LogP contribution in [0.2, 0.25) is 0 Å². The van der Waals surface area contributed by atoms with Crippen molar-refractivity contribution in [1.82, 2.24) is 4.90 Å². The summed E-state index contributed by atoms with van der Waals surface area (Å²) in [6.45, 7) is 4.04. The molecule has 0 spiro atoms. The smallest absolute Gasteiger partial charge is 0.164 e. The number of hydrogen-bond acceptors (Lipinski definition) is 2. The zero-order valence-corrected chi connectivity index (χ0v) is 12.2. The molecule has 0 N–H and O–H groups in total. The van der Waals surface area contributed by atoms with Crippen LogP contribution in [0.25, 0.3) is 0 Å². The number of carbonyl (C=O) groups is 1. The minimum atomic E-state index is 0.274. The van der Waals surface area contributed by atoms with E-state index in [1.165, 1.54) is 25.7 Å². The zero-order chi connectivity index (χ0) is 13.7. The molecule has 1 aliphatic carbocycles. The van der Waals surface area contributed by atoms with E-state index in [1.807, 2.05) is 31.2 Å². The summed E-state index contributed by atoms with van der Waals surface area (Å²) in [5, 5.41) is 0. The van der Waals surface area contributed by atoms with Gasteiger partial charge in [-0.1, -0.05) is 37.1 Å². The van der Waals surface area contributed by atoms with Crippen LogP contribution in [-0.4, -0.2) is 30.8 Å². The van der Waals surface area contributed by atoms with Gasteiger partial charge in [0, 0.05) is 25.1 Å². The van der Waals surface area contributed by atoms with Gasteiger partial charge in [-0.3, -0.25) is 4.79 Å². The first-order chi connectivity index (χ1) is 9.16. The molecule has 104 valence electrons. The van der Waals surface area contributed by atoms with Crippen LogP contribution in [0.3, 0.4) is 0 Å². The van der Waals surface area contributed by atoms with Crippen molar-refractivity contribution in [3.8, 4) is 0 Å². The lowest BCUT2D eigenvalue weighted by Gasteiger charge is -2.20. The van der Waals surface area contributed by atoms with Crippen LogP contribution < -0.4 is 0 Å². The van der Waals surface area contributed by atoms with Gasteiger partial charge in [-0.05, 0) is 38.3 Å². The van der Waals surface area contributed by atoms with Crippen LogP contribution in [0.4, 0.5) is 0 Å². The van der Waals surface area contributed by atoms with Gasteiger partial charge in [0.15, 0.2) is 5.78 Å². The van der Waals surface area contributed by atoms with E-state index in [4.69, 9.17) is 0 Å². The molecule has 0 unspecified atom stereocenters. The lowest BCUT2D eigenvalue weighted by molar-refractivity contribution is 0.0965. The molecule has 0 amide bonds. The summed E-state index contributed by atoms with van der Waals surface area (Å²) in [5.74, 6) is 1.13. The number of Topliss-reactive ketones (excluding diaryl/α,β-unsaturated/α-hetero) is 1. The highest BCUT2D eigenvalue weighted by atomic mass is 16.1. The van der Waals surface area contributed by atoms with Gasteiger partial charge in [0.25, 0.3) is 0 Å². The molecule has 0 aromatic heterocycles. The second-order valence-electron chi connectivity index (χ2n) is 5.90. The molecule has 0 saturated heterocycles. The predicted molar refractivity (Wildman–Crippen MR) is 79.6 cm³/mol. The van der Waals surface area contributed by atoms with E-state index >= 15 is 0 Å². The summed E-state index contributed by atoms with van der Waals surface area (Å²) < 4.78 is 0. The first-order valence-corrected chi connectivity index (χ1v) is 7.44. The monoisotopic (exact) mass is 259 g/mol. The molecular weight excluding hydrogens is 234 g/mol. The molecule has 1 fully saturated rings. The van der Waals surface area contributed by atoms with E-state index in [0.29, 0.717) is 6.42 Å². The Hall–Kier alpha value is -1.15. The Morgan fingerprint density at radius 1 is 1.26 bits per heavy atom. The molecule has 1 aromatic carbocycles. The number of benzene rings is 1. The summed E-state index contributed by atoms with van der Waals surface area (Å²) >= 11 is 0. The average molecular weight is 259 g/mol. The van der Waals surface area contributed by atoms with Crippen molar-refractivity contribution in [1.29, 1.82) is 0 Å². The minimum absolute atomic E-state index is 0.274. The van der Waals surface area contributed by atoms with Gasteiger partial charge in [-0.15, -0.1) is 0 Å². The Labute approximate surface area is 116 Å². The maximum Gasteiger partial charge on any atom is 0.164 e. The summed E-state index contributed by atoms with van der Waals surface area (Å²) in [4.78, 5) is 14.5. The van der Waals surface area contributed by atoms with Crippen molar-refractivity contribution >= 4 is 5.78 Å². The Morgan fingerprint density at radius 3 is 2.63 bits per heavy atom. The fourth-order valence-corrected chi connectivity index (χ4v) is 3.04. The van der Waals surface area contributed by atoms with Crippen LogP contribution in [0.5, 0.6) is 0 Å². The highest BCUT2D eigenvalue weighted by molar-refractivity contribution is 5.97. The summed E-state index contributed by atoms with van der Waals surface area (Å²) in [7, 11) is 2.14. The van der Waals surface area contributed by atoms with Crippen molar-refractivity contribution in [3.05, 3.63) is 35.4 Å². The fraction of sp³-hybridized carbons (Fsp3) is 0.588. The summed E-state index contributed by atoms with van der Waals surface area (Å²) in [6.07, 6.45) is 6.15. The topological polar surface area (TPSA) is 20.3 Å². The molecule has 2 rings (SSSR count). The normalized spacial score (nSPS) is 16.2. The van der Waals surface area contributed by atoms with Crippen molar-refractivity contribution < 1.29 is 4.79 Å². The number of aryl methyl sites for hydroxylation is 1. The lowest BCUT2D eigenvalue weighted by Crippen LogP contribution is -2.27.